The maximum atomic E-state index is 12.9. The molecule has 0 spiro atoms. The molecule has 5 heteroatoms. The van der Waals surface area contributed by atoms with Gasteiger partial charge in [0.15, 0.2) is 0 Å². The van der Waals surface area contributed by atoms with Gasteiger partial charge in [-0.1, -0.05) is 49.4 Å². The molecule has 4 aromatic rings. The Morgan fingerprint density at radius 1 is 1.00 bits per heavy atom. The van der Waals surface area contributed by atoms with Crippen LogP contribution in [0.15, 0.2) is 72.8 Å². The first-order valence-electron chi connectivity index (χ1n) is 11.7. The van der Waals surface area contributed by atoms with Gasteiger partial charge in [-0.3, -0.25) is 4.79 Å². The van der Waals surface area contributed by atoms with Gasteiger partial charge in [0.2, 0.25) is 5.91 Å². The van der Waals surface area contributed by atoms with Crippen molar-refractivity contribution in [3.63, 3.8) is 0 Å². The van der Waals surface area contributed by atoms with Crippen LogP contribution in [0.2, 0.25) is 0 Å². The molecule has 1 atom stereocenters. The summed E-state index contributed by atoms with van der Waals surface area (Å²) in [6, 6.07) is 24.6. The molecule has 1 aromatic heterocycles. The molecular formula is C28H29N3O2. The Labute approximate surface area is 194 Å². The van der Waals surface area contributed by atoms with Crippen LogP contribution in [-0.4, -0.2) is 28.6 Å². The standard InChI is InChI=1S/C28H29N3O2/c1-3-21-12-14-23(15-13-21)31-19-22(18-27(31)32)28-29-24-9-5-6-10-25(24)30(28)16-17-33-26-11-7-4-8-20(26)2/h4-15,22H,3,16-19H2,1-2H3. The zero-order chi connectivity index (χ0) is 22.8. The summed E-state index contributed by atoms with van der Waals surface area (Å²) in [6.07, 6.45) is 1.46. The molecule has 3 aromatic carbocycles. The summed E-state index contributed by atoms with van der Waals surface area (Å²) in [4.78, 5) is 19.8. The van der Waals surface area contributed by atoms with E-state index in [0.29, 0.717) is 26.1 Å². The molecule has 5 nitrogen and oxygen atoms in total. The summed E-state index contributed by atoms with van der Waals surface area (Å²) < 4.78 is 8.32. The molecule has 1 saturated heterocycles. The molecule has 0 radical (unpaired) electrons. The van der Waals surface area contributed by atoms with Crippen LogP contribution in [0.25, 0.3) is 11.0 Å². The van der Waals surface area contributed by atoms with Gasteiger partial charge in [-0.05, 0) is 54.8 Å². The number of para-hydroxylation sites is 3. The minimum absolute atomic E-state index is 0.0502. The van der Waals surface area contributed by atoms with Crippen LogP contribution in [-0.2, 0) is 17.8 Å². The van der Waals surface area contributed by atoms with Crippen molar-refractivity contribution >= 4 is 22.6 Å². The van der Waals surface area contributed by atoms with Crippen molar-refractivity contribution in [3.05, 3.63) is 89.7 Å². The number of rotatable bonds is 7. The van der Waals surface area contributed by atoms with E-state index < -0.39 is 0 Å². The number of ether oxygens (including phenoxy) is 1. The fraction of sp³-hybridized carbons (Fsp3) is 0.286. The number of amides is 1. The molecule has 0 bridgehead atoms. The summed E-state index contributed by atoms with van der Waals surface area (Å²) in [7, 11) is 0. The Morgan fingerprint density at radius 2 is 1.76 bits per heavy atom. The molecule has 33 heavy (non-hydrogen) atoms. The molecule has 5 rings (SSSR count). The average molecular weight is 440 g/mol. The number of benzene rings is 3. The highest BCUT2D eigenvalue weighted by Gasteiger charge is 2.34. The van der Waals surface area contributed by atoms with E-state index in [1.165, 1.54) is 5.56 Å². The van der Waals surface area contributed by atoms with E-state index in [4.69, 9.17) is 9.72 Å². The summed E-state index contributed by atoms with van der Waals surface area (Å²) in [5.74, 6) is 2.07. The second-order valence-corrected chi connectivity index (χ2v) is 8.65. The van der Waals surface area contributed by atoms with Crippen LogP contribution in [0.4, 0.5) is 5.69 Å². The van der Waals surface area contributed by atoms with Crippen molar-refractivity contribution < 1.29 is 9.53 Å². The number of carbonyl (C=O) groups excluding carboxylic acids is 1. The topological polar surface area (TPSA) is 47.4 Å². The van der Waals surface area contributed by atoms with Crippen molar-refractivity contribution in [2.45, 2.75) is 39.2 Å². The first-order chi connectivity index (χ1) is 16.1. The van der Waals surface area contributed by atoms with Gasteiger partial charge < -0.3 is 14.2 Å². The fourth-order valence-electron chi connectivity index (χ4n) is 4.65. The van der Waals surface area contributed by atoms with E-state index in [9.17, 15) is 4.79 Å². The van der Waals surface area contributed by atoms with Crippen LogP contribution in [0, 0.1) is 6.92 Å². The lowest BCUT2D eigenvalue weighted by Gasteiger charge is -2.18. The van der Waals surface area contributed by atoms with E-state index in [1.54, 1.807) is 0 Å². The van der Waals surface area contributed by atoms with Crippen molar-refractivity contribution in [2.24, 2.45) is 0 Å². The van der Waals surface area contributed by atoms with Crippen molar-refractivity contribution in [2.75, 3.05) is 18.1 Å². The molecule has 2 heterocycles. The molecule has 1 aliphatic rings. The number of carbonyl (C=O) groups is 1. The van der Waals surface area contributed by atoms with E-state index in [1.807, 2.05) is 41.3 Å². The Balaban J connectivity index is 1.39. The van der Waals surface area contributed by atoms with Gasteiger partial charge in [0, 0.05) is 24.6 Å². The summed E-state index contributed by atoms with van der Waals surface area (Å²) in [5.41, 5.74) is 5.41. The second-order valence-electron chi connectivity index (χ2n) is 8.65. The number of nitrogens with zero attached hydrogens (tertiary/aromatic N) is 3. The van der Waals surface area contributed by atoms with Gasteiger partial charge in [0.05, 0.1) is 17.6 Å². The maximum Gasteiger partial charge on any atom is 0.227 e. The minimum atomic E-state index is 0.0502. The summed E-state index contributed by atoms with van der Waals surface area (Å²) in [5, 5.41) is 0. The number of aryl methyl sites for hydroxylation is 2. The van der Waals surface area contributed by atoms with Crippen LogP contribution in [0.3, 0.4) is 0 Å². The SMILES string of the molecule is CCc1ccc(N2CC(c3nc4ccccc4n3CCOc3ccccc3C)CC2=O)cc1. The third-order valence-corrected chi connectivity index (χ3v) is 6.50. The van der Waals surface area contributed by atoms with E-state index in [0.717, 1.165) is 40.3 Å². The predicted octanol–water partition coefficient (Wildman–Crippen LogP) is 5.51. The molecular weight excluding hydrogens is 410 g/mol. The largest absolute Gasteiger partial charge is 0.491 e. The molecule has 1 amide bonds. The predicted molar refractivity (Wildman–Crippen MR) is 132 cm³/mol. The molecule has 0 saturated carbocycles. The minimum Gasteiger partial charge on any atom is -0.491 e. The Morgan fingerprint density at radius 3 is 2.55 bits per heavy atom. The molecule has 0 aliphatic carbocycles. The van der Waals surface area contributed by atoms with Gasteiger partial charge in [-0.2, -0.15) is 0 Å². The first kappa shape index (κ1) is 21.3. The van der Waals surface area contributed by atoms with Crippen LogP contribution in [0.5, 0.6) is 5.75 Å². The van der Waals surface area contributed by atoms with Gasteiger partial charge in [-0.25, -0.2) is 4.98 Å². The number of aromatic nitrogens is 2. The zero-order valence-electron chi connectivity index (χ0n) is 19.2. The Bertz CT molecular complexity index is 1280. The second kappa shape index (κ2) is 9.10. The number of fused-ring (bicyclic) bond motifs is 1. The fourth-order valence-corrected chi connectivity index (χ4v) is 4.65. The van der Waals surface area contributed by atoms with Crippen LogP contribution in [0.1, 0.15) is 36.2 Å². The highest BCUT2D eigenvalue weighted by atomic mass is 16.5. The van der Waals surface area contributed by atoms with Gasteiger partial charge in [-0.15, -0.1) is 0 Å². The lowest BCUT2D eigenvalue weighted by Crippen LogP contribution is -2.24. The number of hydrogen-bond acceptors (Lipinski definition) is 3. The molecule has 1 fully saturated rings. The number of hydrogen-bond donors (Lipinski definition) is 0. The lowest BCUT2D eigenvalue weighted by atomic mass is 10.1. The van der Waals surface area contributed by atoms with Crippen molar-refractivity contribution in [1.82, 2.24) is 9.55 Å². The summed E-state index contributed by atoms with van der Waals surface area (Å²) in [6.45, 7) is 6.06. The summed E-state index contributed by atoms with van der Waals surface area (Å²) >= 11 is 0. The first-order valence-corrected chi connectivity index (χ1v) is 11.7. The van der Waals surface area contributed by atoms with Crippen molar-refractivity contribution in [1.29, 1.82) is 0 Å². The monoisotopic (exact) mass is 439 g/mol. The third-order valence-electron chi connectivity index (χ3n) is 6.50. The van der Waals surface area contributed by atoms with Crippen LogP contribution >= 0.6 is 0 Å². The van der Waals surface area contributed by atoms with E-state index in [2.05, 4.69) is 54.8 Å². The zero-order valence-corrected chi connectivity index (χ0v) is 19.2. The normalized spacial score (nSPS) is 16.0. The lowest BCUT2D eigenvalue weighted by molar-refractivity contribution is -0.117. The molecule has 1 unspecified atom stereocenters. The highest BCUT2D eigenvalue weighted by molar-refractivity contribution is 5.96. The van der Waals surface area contributed by atoms with Crippen LogP contribution < -0.4 is 9.64 Å². The molecule has 1 aliphatic heterocycles. The van der Waals surface area contributed by atoms with Gasteiger partial charge >= 0.3 is 0 Å². The molecule has 168 valence electrons. The number of imidazole rings is 1. The van der Waals surface area contributed by atoms with Gasteiger partial charge in [0.25, 0.3) is 0 Å². The van der Waals surface area contributed by atoms with Gasteiger partial charge in [0.1, 0.15) is 18.2 Å². The Hall–Kier alpha value is -3.60. The number of anilines is 1. The third kappa shape index (κ3) is 4.23. The highest BCUT2D eigenvalue weighted by Crippen LogP contribution is 2.33. The average Bonchev–Trinajstić information content (AvgIpc) is 3.41. The quantitative estimate of drug-likeness (QED) is 0.382. The Kier molecular flexibility index (Phi) is 5.86. The molecule has 0 N–H and O–H groups in total. The van der Waals surface area contributed by atoms with Crippen molar-refractivity contribution in [3.8, 4) is 5.75 Å². The van der Waals surface area contributed by atoms with E-state index >= 15 is 0 Å². The van der Waals surface area contributed by atoms with E-state index in [-0.39, 0.29) is 11.8 Å². The smallest absolute Gasteiger partial charge is 0.227 e. The maximum absolute atomic E-state index is 12.9.